The highest BCUT2D eigenvalue weighted by Crippen LogP contribution is 2.11. The first-order valence-electron chi connectivity index (χ1n) is 15.9. The molecule has 0 aliphatic heterocycles. The number of rotatable bonds is 27. The summed E-state index contributed by atoms with van der Waals surface area (Å²) >= 11 is 0. The zero-order chi connectivity index (χ0) is 27.9. The second-order valence-electron chi connectivity index (χ2n) is 10.5. The Bertz CT molecular complexity index is 623. The van der Waals surface area contributed by atoms with Crippen molar-refractivity contribution in [2.45, 2.75) is 154 Å². The predicted molar refractivity (Wildman–Crippen MR) is 165 cm³/mol. The van der Waals surface area contributed by atoms with Crippen molar-refractivity contribution in [2.24, 2.45) is 0 Å². The lowest BCUT2D eigenvalue weighted by molar-refractivity contribution is -0.123. The molecule has 0 saturated heterocycles. The Morgan fingerprint density at radius 3 is 1.63 bits per heavy atom. The van der Waals surface area contributed by atoms with Crippen molar-refractivity contribution in [1.82, 2.24) is 5.32 Å². The summed E-state index contributed by atoms with van der Waals surface area (Å²) in [5.74, 6) is -0.0890. The van der Waals surface area contributed by atoms with Gasteiger partial charge in [0.2, 0.25) is 5.91 Å². The van der Waals surface area contributed by atoms with E-state index in [0.29, 0.717) is 6.42 Å². The van der Waals surface area contributed by atoms with Crippen LogP contribution in [0.4, 0.5) is 0 Å². The molecule has 4 heteroatoms. The summed E-state index contributed by atoms with van der Waals surface area (Å²) in [4.78, 5) is 12.2. The quantitative estimate of drug-likeness (QED) is 0.0732. The molecule has 0 bridgehead atoms. The summed E-state index contributed by atoms with van der Waals surface area (Å²) < 4.78 is 0. The van der Waals surface area contributed by atoms with Gasteiger partial charge in [-0.1, -0.05) is 120 Å². The second-order valence-corrected chi connectivity index (χ2v) is 10.5. The number of carbonyl (C=O) groups excluding carboxylic acids is 1. The Morgan fingerprint density at radius 2 is 1.08 bits per heavy atom. The molecule has 0 aliphatic rings. The first-order valence-corrected chi connectivity index (χ1v) is 15.9. The minimum absolute atomic E-state index is 0.0890. The molecular weight excluding hydrogens is 470 g/mol. The topological polar surface area (TPSA) is 69.6 Å². The molecule has 1 amide bonds. The molecule has 0 saturated carbocycles. The fraction of sp³-hybridized carbons (Fsp3) is 0.735. The van der Waals surface area contributed by atoms with Gasteiger partial charge in [-0.25, -0.2) is 0 Å². The third-order valence-corrected chi connectivity index (χ3v) is 6.74. The number of allylic oxidation sites excluding steroid dienone is 7. The molecule has 3 N–H and O–H groups in total. The highest BCUT2D eigenvalue weighted by atomic mass is 16.3. The molecular formula is C34H61NO3. The smallest absolute Gasteiger partial charge is 0.220 e. The number of carbonyl (C=O) groups is 1. The van der Waals surface area contributed by atoms with Crippen molar-refractivity contribution in [3.8, 4) is 0 Å². The first-order chi connectivity index (χ1) is 18.7. The Kier molecular flexibility index (Phi) is 28.6. The van der Waals surface area contributed by atoms with Gasteiger partial charge in [0, 0.05) is 6.42 Å². The molecule has 2 atom stereocenters. The van der Waals surface area contributed by atoms with Crippen LogP contribution in [0, 0.1) is 0 Å². The van der Waals surface area contributed by atoms with Crippen molar-refractivity contribution in [2.75, 3.05) is 6.61 Å². The summed E-state index contributed by atoms with van der Waals surface area (Å²) in [6.45, 7) is 4.17. The summed E-state index contributed by atoms with van der Waals surface area (Å²) in [5.41, 5.74) is 0. The average Bonchev–Trinajstić information content (AvgIpc) is 2.92. The van der Waals surface area contributed by atoms with Crippen LogP contribution in [0.1, 0.15) is 142 Å². The molecule has 0 aromatic carbocycles. The number of unbranched alkanes of at least 4 members (excludes halogenated alkanes) is 14. The van der Waals surface area contributed by atoms with Crippen molar-refractivity contribution >= 4 is 5.91 Å². The van der Waals surface area contributed by atoms with Gasteiger partial charge < -0.3 is 15.5 Å². The molecule has 0 fully saturated rings. The standard InChI is InChI=1S/C34H61NO3/c1-3-5-7-9-11-13-15-16-17-18-20-22-24-26-28-30-34(38)35-32(31-36)33(37)29-27-25-23-21-19-14-12-10-8-6-4-2/h8,10,13,15,19,21,27,29,32-33,36-37H,3-7,9,11-12,14,16-18,20,22-26,28,30-31H2,1-2H3,(H,35,38)/b10-8+,15-13-,21-19+,29-27+. The van der Waals surface area contributed by atoms with E-state index in [1.54, 1.807) is 6.08 Å². The summed E-state index contributed by atoms with van der Waals surface area (Å²) in [6.07, 6.45) is 39.0. The summed E-state index contributed by atoms with van der Waals surface area (Å²) in [7, 11) is 0. The lowest BCUT2D eigenvalue weighted by atomic mass is 10.1. The minimum Gasteiger partial charge on any atom is -0.394 e. The van der Waals surface area contributed by atoms with E-state index in [1.165, 1.54) is 77.0 Å². The van der Waals surface area contributed by atoms with Crippen LogP contribution in [0.5, 0.6) is 0 Å². The molecule has 38 heavy (non-hydrogen) atoms. The number of hydrogen-bond acceptors (Lipinski definition) is 3. The minimum atomic E-state index is -0.868. The van der Waals surface area contributed by atoms with Gasteiger partial charge in [0.05, 0.1) is 18.8 Å². The zero-order valence-electron chi connectivity index (χ0n) is 24.9. The van der Waals surface area contributed by atoms with Crippen LogP contribution < -0.4 is 5.32 Å². The van der Waals surface area contributed by atoms with E-state index in [2.05, 4.69) is 55.6 Å². The molecule has 2 unspecified atom stereocenters. The van der Waals surface area contributed by atoms with E-state index in [4.69, 9.17) is 0 Å². The lowest BCUT2D eigenvalue weighted by Gasteiger charge is -2.19. The van der Waals surface area contributed by atoms with Gasteiger partial charge in [0.15, 0.2) is 0 Å². The van der Waals surface area contributed by atoms with Crippen LogP contribution in [0.2, 0.25) is 0 Å². The molecule has 0 aromatic heterocycles. The van der Waals surface area contributed by atoms with Gasteiger partial charge in [0.1, 0.15) is 0 Å². The van der Waals surface area contributed by atoms with Gasteiger partial charge in [-0.15, -0.1) is 0 Å². The number of aliphatic hydroxyl groups excluding tert-OH is 2. The van der Waals surface area contributed by atoms with E-state index in [0.717, 1.165) is 44.9 Å². The van der Waals surface area contributed by atoms with Gasteiger partial charge >= 0.3 is 0 Å². The van der Waals surface area contributed by atoms with Crippen LogP contribution in [0.25, 0.3) is 0 Å². The Morgan fingerprint density at radius 1 is 0.605 bits per heavy atom. The monoisotopic (exact) mass is 531 g/mol. The molecule has 4 nitrogen and oxygen atoms in total. The summed E-state index contributed by atoms with van der Waals surface area (Å²) in [5, 5.41) is 22.7. The van der Waals surface area contributed by atoms with Crippen LogP contribution in [0.15, 0.2) is 48.6 Å². The Balaban J connectivity index is 3.74. The molecule has 0 heterocycles. The molecule has 0 rings (SSSR count). The number of aliphatic hydroxyl groups is 2. The Labute approximate surface area is 235 Å². The third kappa shape index (κ3) is 26.0. The Hall–Kier alpha value is -1.65. The zero-order valence-corrected chi connectivity index (χ0v) is 24.9. The molecule has 0 aliphatic carbocycles. The van der Waals surface area contributed by atoms with Gasteiger partial charge in [0.25, 0.3) is 0 Å². The fourth-order valence-corrected chi connectivity index (χ4v) is 4.27. The van der Waals surface area contributed by atoms with Crippen LogP contribution >= 0.6 is 0 Å². The SMILES string of the molecule is CCC/C=C/CC/C=C/CC/C=C/C(O)C(CO)NC(=O)CCCCCCCCC/C=C\CCCCCC. The normalized spacial score (nSPS) is 13.9. The largest absolute Gasteiger partial charge is 0.394 e. The van der Waals surface area contributed by atoms with Crippen LogP contribution in [-0.4, -0.2) is 34.9 Å². The number of hydrogen-bond donors (Lipinski definition) is 3. The van der Waals surface area contributed by atoms with Gasteiger partial charge in [-0.2, -0.15) is 0 Å². The van der Waals surface area contributed by atoms with E-state index in [1.807, 2.05) is 6.08 Å². The molecule has 0 radical (unpaired) electrons. The highest BCUT2D eigenvalue weighted by Gasteiger charge is 2.17. The summed E-state index contributed by atoms with van der Waals surface area (Å²) in [6, 6.07) is -0.644. The highest BCUT2D eigenvalue weighted by molar-refractivity contribution is 5.76. The van der Waals surface area contributed by atoms with Crippen molar-refractivity contribution in [1.29, 1.82) is 0 Å². The van der Waals surface area contributed by atoms with E-state index in [-0.39, 0.29) is 12.5 Å². The van der Waals surface area contributed by atoms with Crippen LogP contribution in [0.3, 0.4) is 0 Å². The van der Waals surface area contributed by atoms with Crippen molar-refractivity contribution in [3.05, 3.63) is 48.6 Å². The first kappa shape index (κ1) is 36.4. The molecule has 0 aromatic rings. The van der Waals surface area contributed by atoms with E-state index >= 15 is 0 Å². The van der Waals surface area contributed by atoms with Gasteiger partial charge in [-0.3, -0.25) is 4.79 Å². The maximum Gasteiger partial charge on any atom is 0.220 e. The van der Waals surface area contributed by atoms with Gasteiger partial charge in [-0.05, 0) is 64.2 Å². The number of amides is 1. The lowest BCUT2D eigenvalue weighted by Crippen LogP contribution is -2.45. The fourth-order valence-electron chi connectivity index (χ4n) is 4.27. The van der Waals surface area contributed by atoms with E-state index in [9.17, 15) is 15.0 Å². The van der Waals surface area contributed by atoms with Crippen molar-refractivity contribution < 1.29 is 15.0 Å². The number of nitrogens with one attached hydrogen (secondary N) is 1. The van der Waals surface area contributed by atoms with E-state index < -0.39 is 12.1 Å². The molecule has 220 valence electrons. The average molecular weight is 532 g/mol. The maximum atomic E-state index is 12.2. The predicted octanol–water partition coefficient (Wildman–Crippen LogP) is 8.89. The van der Waals surface area contributed by atoms with Crippen LogP contribution in [-0.2, 0) is 4.79 Å². The maximum absolute atomic E-state index is 12.2. The van der Waals surface area contributed by atoms with Crippen molar-refractivity contribution in [3.63, 3.8) is 0 Å². The molecule has 0 spiro atoms. The second kappa shape index (κ2) is 29.9. The third-order valence-electron chi connectivity index (χ3n) is 6.74.